The van der Waals surface area contributed by atoms with Gasteiger partial charge >= 0.3 is 0 Å². The first-order chi connectivity index (χ1) is 12.3. The number of nitrogens with one attached hydrogen (secondary N) is 1. The molecule has 6 nitrogen and oxygen atoms in total. The number of carbonyl (C=O) groups is 1. The molecule has 7 heteroatoms. The van der Waals surface area contributed by atoms with E-state index in [1.807, 2.05) is 47.2 Å². The molecule has 0 aliphatic heterocycles. The van der Waals surface area contributed by atoms with E-state index in [4.69, 9.17) is 14.4 Å². The highest BCUT2D eigenvalue weighted by Gasteiger charge is 2.17. The predicted octanol–water partition coefficient (Wildman–Crippen LogP) is 2.88. The van der Waals surface area contributed by atoms with Gasteiger partial charge in [-0.1, -0.05) is 35.5 Å². The number of nitrogens with zero attached hydrogens (tertiary/aromatic N) is 1. The zero-order valence-electron chi connectivity index (χ0n) is 13.4. The van der Waals surface area contributed by atoms with E-state index in [-0.39, 0.29) is 37.5 Å². The standard InChI is InChI=1S/C18H18N2O4S/c21-7-8-23-17(14-6-9-25-12-14)11-19-18(22)15-10-16(24-20-15)13-4-2-1-3-5-13/h1-6,9-10,12,17,21H,7-8,11H2,(H,19,22)/t17-/m1/s1. The van der Waals surface area contributed by atoms with Crippen LogP contribution in [0.4, 0.5) is 0 Å². The van der Waals surface area contributed by atoms with Crippen molar-refractivity contribution in [2.45, 2.75) is 6.10 Å². The summed E-state index contributed by atoms with van der Waals surface area (Å²) in [5.74, 6) is 0.204. The van der Waals surface area contributed by atoms with Crippen molar-refractivity contribution in [2.75, 3.05) is 19.8 Å². The van der Waals surface area contributed by atoms with Crippen LogP contribution in [0, 0.1) is 0 Å². The molecule has 0 radical (unpaired) electrons. The highest BCUT2D eigenvalue weighted by Crippen LogP contribution is 2.21. The number of rotatable bonds is 8. The Bertz CT molecular complexity index is 787. The lowest BCUT2D eigenvalue weighted by Crippen LogP contribution is -2.30. The van der Waals surface area contributed by atoms with Gasteiger partial charge in [0.2, 0.25) is 0 Å². The molecule has 0 fully saturated rings. The molecular weight excluding hydrogens is 340 g/mol. The Balaban J connectivity index is 1.62. The zero-order chi connectivity index (χ0) is 17.5. The van der Waals surface area contributed by atoms with Crippen molar-refractivity contribution in [3.63, 3.8) is 0 Å². The summed E-state index contributed by atoms with van der Waals surface area (Å²) in [5, 5.41) is 19.5. The quantitative estimate of drug-likeness (QED) is 0.647. The van der Waals surface area contributed by atoms with Gasteiger partial charge in [0.15, 0.2) is 11.5 Å². The molecule has 0 aliphatic carbocycles. The molecular formula is C18H18N2O4S. The molecule has 2 heterocycles. The monoisotopic (exact) mass is 358 g/mol. The summed E-state index contributed by atoms with van der Waals surface area (Å²) in [4.78, 5) is 12.3. The van der Waals surface area contributed by atoms with Crippen molar-refractivity contribution in [3.8, 4) is 11.3 Å². The van der Waals surface area contributed by atoms with E-state index >= 15 is 0 Å². The number of amides is 1. The normalized spacial score (nSPS) is 12.0. The maximum atomic E-state index is 12.3. The average Bonchev–Trinajstić information content (AvgIpc) is 3.34. The summed E-state index contributed by atoms with van der Waals surface area (Å²) in [6, 6.07) is 13.0. The maximum Gasteiger partial charge on any atom is 0.273 e. The number of ether oxygens (including phenoxy) is 1. The van der Waals surface area contributed by atoms with E-state index in [0.717, 1.165) is 11.1 Å². The van der Waals surface area contributed by atoms with Gasteiger partial charge in [-0.05, 0) is 22.4 Å². The van der Waals surface area contributed by atoms with Gasteiger partial charge in [0.05, 0.1) is 13.2 Å². The Labute approximate surface area is 149 Å². The molecule has 0 spiro atoms. The van der Waals surface area contributed by atoms with E-state index in [0.29, 0.717) is 5.76 Å². The van der Waals surface area contributed by atoms with Crippen molar-refractivity contribution >= 4 is 17.2 Å². The zero-order valence-corrected chi connectivity index (χ0v) is 14.2. The number of carbonyl (C=O) groups excluding carboxylic acids is 1. The molecule has 0 saturated heterocycles. The topological polar surface area (TPSA) is 84.6 Å². The fraction of sp³-hybridized carbons (Fsp3) is 0.222. The minimum Gasteiger partial charge on any atom is -0.394 e. The molecule has 25 heavy (non-hydrogen) atoms. The molecule has 1 aromatic carbocycles. The van der Waals surface area contributed by atoms with Crippen molar-refractivity contribution in [1.29, 1.82) is 0 Å². The smallest absolute Gasteiger partial charge is 0.273 e. The van der Waals surface area contributed by atoms with Crippen LogP contribution in [0.3, 0.4) is 0 Å². The van der Waals surface area contributed by atoms with Crippen molar-refractivity contribution in [1.82, 2.24) is 10.5 Å². The third-order valence-electron chi connectivity index (χ3n) is 3.57. The molecule has 2 aromatic heterocycles. The molecule has 3 aromatic rings. The van der Waals surface area contributed by atoms with Gasteiger partial charge in [-0.25, -0.2) is 0 Å². The summed E-state index contributed by atoms with van der Waals surface area (Å²) in [5.41, 5.74) is 2.03. The Hall–Kier alpha value is -2.48. The third kappa shape index (κ3) is 4.54. The second kappa shape index (κ2) is 8.57. The fourth-order valence-electron chi connectivity index (χ4n) is 2.32. The fourth-order valence-corrected chi connectivity index (χ4v) is 3.02. The van der Waals surface area contributed by atoms with Crippen LogP contribution in [-0.4, -0.2) is 35.9 Å². The first-order valence-corrected chi connectivity index (χ1v) is 8.77. The summed E-state index contributed by atoms with van der Waals surface area (Å²) in [6.45, 7) is 0.417. The van der Waals surface area contributed by atoms with Crippen LogP contribution in [0.25, 0.3) is 11.3 Å². The second-order valence-corrected chi connectivity index (χ2v) is 6.07. The first kappa shape index (κ1) is 17.3. The molecule has 2 N–H and O–H groups in total. The van der Waals surface area contributed by atoms with E-state index in [1.165, 1.54) is 0 Å². The number of aliphatic hydroxyl groups excluding tert-OH is 1. The number of benzene rings is 1. The van der Waals surface area contributed by atoms with Gasteiger partial charge in [-0.15, -0.1) is 0 Å². The minimum atomic E-state index is -0.334. The molecule has 1 amide bonds. The largest absolute Gasteiger partial charge is 0.394 e. The molecule has 0 bridgehead atoms. The van der Waals surface area contributed by atoms with Crippen molar-refractivity contribution in [3.05, 3.63) is 64.5 Å². The average molecular weight is 358 g/mol. The number of hydrogen-bond acceptors (Lipinski definition) is 6. The maximum absolute atomic E-state index is 12.3. The SMILES string of the molecule is O=C(NC[C@@H](OCCO)c1ccsc1)c1cc(-c2ccccc2)on1. The van der Waals surface area contributed by atoms with E-state index in [1.54, 1.807) is 17.4 Å². The minimum absolute atomic E-state index is 0.0711. The molecule has 130 valence electrons. The van der Waals surface area contributed by atoms with Crippen LogP contribution in [0.2, 0.25) is 0 Å². The van der Waals surface area contributed by atoms with Crippen molar-refractivity contribution < 1.29 is 19.2 Å². The number of aromatic nitrogens is 1. The van der Waals surface area contributed by atoms with Gasteiger partial charge in [-0.3, -0.25) is 4.79 Å². The predicted molar refractivity (Wildman–Crippen MR) is 94.4 cm³/mol. The molecule has 0 saturated carbocycles. The lowest BCUT2D eigenvalue weighted by atomic mass is 10.1. The van der Waals surface area contributed by atoms with Crippen LogP contribution in [0.15, 0.2) is 57.7 Å². The summed E-state index contributed by atoms with van der Waals surface area (Å²) >= 11 is 1.55. The highest BCUT2D eigenvalue weighted by molar-refractivity contribution is 7.07. The summed E-state index contributed by atoms with van der Waals surface area (Å²) < 4.78 is 10.8. The van der Waals surface area contributed by atoms with Crippen LogP contribution >= 0.6 is 11.3 Å². The van der Waals surface area contributed by atoms with Crippen LogP contribution in [-0.2, 0) is 4.74 Å². The molecule has 1 atom stereocenters. The second-order valence-electron chi connectivity index (χ2n) is 5.29. The van der Waals surface area contributed by atoms with Gasteiger partial charge < -0.3 is 19.7 Å². The Morgan fingerprint density at radius 1 is 1.32 bits per heavy atom. The Morgan fingerprint density at radius 3 is 2.88 bits per heavy atom. The van der Waals surface area contributed by atoms with E-state index < -0.39 is 0 Å². The number of hydrogen-bond donors (Lipinski definition) is 2. The molecule has 0 unspecified atom stereocenters. The number of thiophene rings is 1. The van der Waals surface area contributed by atoms with Crippen LogP contribution in [0.1, 0.15) is 22.2 Å². The lowest BCUT2D eigenvalue weighted by Gasteiger charge is -2.16. The third-order valence-corrected chi connectivity index (χ3v) is 4.28. The Kier molecular flexibility index (Phi) is 5.95. The molecule has 0 aliphatic rings. The van der Waals surface area contributed by atoms with Gasteiger partial charge in [0.25, 0.3) is 5.91 Å². The van der Waals surface area contributed by atoms with Crippen molar-refractivity contribution in [2.24, 2.45) is 0 Å². The first-order valence-electron chi connectivity index (χ1n) is 7.83. The lowest BCUT2D eigenvalue weighted by molar-refractivity contribution is 0.0279. The van der Waals surface area contributed by atoms with Crippen LogP contribution < -0.4 is 5.32 Å². The highest BCUT2D eigenvalue weighted by atomic mass is 32.1. The van der Waals surface area contributed by atoms with Gasteiger partial charge in [-0.2, -0.15) is 11.3 Å². The molecule has 3 rings (SSSR count). The van der Waals surface area contributed by atoms with E-state index in [2.05, 4.69) is 10.5 Å². The van der Waals surface area contributed by atoms with Gasteiger partial charge in [0.1, 0.15) is 6.10 Å². The van der Waals surface area contributed by atoms with E-state index in [9.17, 15) is 4.79 Å². The Morgan fingerprint density at radius 2 is 2.16 bits per heavy atom. The summed E-state index contributed by atoms with van der Waals surface area (Å²) in [7, 11) is 0. The van der Waals surface area contributed by atoms with Gasteiger partial charge in [0, 0.05) is 18.2 Å². The number of aliphatic hydroxyl groups is 1. The van der Waals surface area contributed by atoms with Crippen LogP contribution in [0.5, 0.6) is 0 Å². The summed E-state index contributed by atoms with van der Waals surface area (Å²) in [6.07, 6.45) is -0.317.